The van der Waals surface area contributed by atoms with E-state index in [1.54, 1.807) is 0 Å². The van der Waals surface area contributed by atoms with Gasteiger partial charge in [-0.3, -0.25) is 0 Å². The molecule has 0 amide bonds. The molecule has 10 rings (SSSR count). The Labute approximate surface area is 334 Å². The molecule has 0 aliphatic heterocycles. The van der Waals surface area contributed by atoms with Crippen LogP contribution in [0.2, 0.25) is 0 Å². The second-order valence-corrected chi connectivity index (χ2v) is 14.6. The van der Waals surface area contributed by atoms with Crippen molar-refractivity contribution < 1.29 is 0 Å². The van der Waals surface area contributed by atoms with Crippen LogP contribution >= 0.6 is 0 Å². The summed E-state index contributed by atoms with van der Waals surface area (Å²) >= 11 is 0. The minimum absolute atomic E-state index is 1.09. The van der Waals surface area contributed by atoms with Gasteiger partial charge in [0.25, 0.3) is 0 Å². The summed E-state index contributed by atoms with van der Waals surface area (Å²) in [4.78, 5) is 2.42. The lowest BCUT2D eigenvalue weighted by Gasteiger charge is -2.29. The van der Waals surface area contributed by atoms with E-state index in [0.717, 1.165) is 22.6 Å². The molecule has 0 spiro atoms. The van der Waals surface area contributed by atoms with Crippen molar-refractivity contribution in [2.75, 3.05) is 4.90 Å². The second-order valence-electron chi connectivity index (χ2n) is 14.6. The molecule has 0 saturated heterocycles. The van der Waals surface area contributed by atoms with E-state index < -0.39 is 0 Å². The maximum atomic E-state index is 2.42. The van der Waals surface area contributed by atoms with E-state index in [4.69, 9.17) is 0 Å². The molecule has 0 bridgehead atoms. The van der Waals surface area contributed by atoms with Crippen LogP contribution in [0.5, 0.6) is 0 Å². The van der Waals surface area contributed by atoms with Crippen LogP contribution in [0.1, 0.15) is 0 Å². The molecule has 0 radical (unpaired) electrons. The molecule has 1 heteroatoms. The number of hydrogen-bond donors (Lipinski definition) is 0. The SMILES string of the molecule is c1ccc(-c2cccc(-c3ccc(N(c4ccc(-c5cccc6ccccc56)cc4)c4cc(-c5ccc6ccccc6c5)ccc4-c4ccccc4)cc3)c2)cc1. The zero-order chi connectivity index (χ0) is 38.0. The monoisotopic (exact) mass is 725 g/mol. The van der Waals surface area contributed by atoms with Crippen LogP contribution in [-0.2, 0) is 0 Å². The molecule has 57 heavy (non-hydrogen) atoms. The fraction of sp³-hybridized carbons (Fsp3) is 0. The maximum absolute atomic E-state index is 2.42. The van der Waals surface area contributed by atoms with Gasteiger partial charge in [0.15, 0.2) is 0 Å². The van der Waals surface area contributed by atoms with Crippen molar-refractivity contribution in [2.45, 2.75) is 0 Å². The third-order valence-corrected chi connectivity index (χ3v) is 11.1. The van der Waals surface area contributed by atoms with Crippen molar-refractivity contribution in [3.8, 4) is 55.6 Å². The Kier molecular flexibility index (Phi) is 8.95. The highest BCUT2D eigenvalue weighted by Crippen LogP contribution is 2.44. The van der Waals surface area contributed by atoms with Gasteiger partial charge in [0.05, 0.1) is 5.69 Å². The third kappa shape index (κ3) is 6.77. The predicted octanol–water partition coefficient (Wildman–Crippen LogP) is 15.8. The third-order valence-electron chi connectivity index (χ3n) is 11.1. The summed E-state index contributed by atoms with van der Waals surface area (Å²) in [6.07, 6.45) is 0. The number of anilines is 3. The van der Waals surface area contributed by atoms with Gasteiger partial charge < -0.3 is 4.90 Å². The minimum atomic E-state index is 1.09. The number of fused-ring (bicyclic) bond motifs is 2. The normalized spacial score (nSPS) is 11.2. The molecule has 0 N–H and O–H groups in total. The number of nitrogens with zero attached hydrogens (tertiary/aromatic N) is 1. The van der Waals surface area contributed by atoms with Crippen molar-refractivity contribution in [1.29, 1.82) is 0 Å². The van der Waals surface area contributed by atoms with Crippen LogP contribution < -0.4 is 4.90 Å². The first-order valence-corrected chi connectivity index (χ1v) is 19.6. The molecule has 0 aromatic heterocycles. The fourth-order valence-corrected chi connectivity index (χ4v) is 8.13. The average molecular weight is 726 g/mol. The van der Waals surface area contributed by atoms with E-state index >= 15 is 0 Å². The lowest BCUT2D eigenvalue weighted by Crippen LogP contribution is -2.11. The van der Waals surface area contributed by atoms with Gasteiger partial charge in [-0.05, 0) is 114 Å². The summed E-state index contributed by atoms with van der Waals surface area (Å²) < 4.78 is 0. The average Bonchev–Trinajstić information content (AvgIpc) is 3.30. The zero-order valence-corrected chi connectivity index (χ0v) is 31.5. The van der Waals surface area contributed by atoms with Crippen molar-refractivity contribution in [2.24, 2.45) is 0 Å². The summed E-state index contributed by atoms with van der Waals surface area (Å²) in [6.45, 7) is 0. The first-order valence-electron chi connectivity index (χ1n) is 19.6. The highest BCUT2D eigenvalue weighted by atomic mass is 15.1. The number of rotatable bonds is 8. The van der Waals surface area contributed by atoms with Crippen molar-refractivity contribution in [1.82, 2.24) is 0 Å². The molecule has 0 aliphatic rings. The molecule has 1 nitrogen and oxygen atoms in total. The van der Waals surface area contributed by atoms with E-state index in [1.807, 2.05) is 0 Å². The van der Waals surface area contributed by atoms with Gasteiger partial charge in [-0.25, -0.2) is 0 Å². The molecule has 10 aromatic carbocycles. The lowest BCUT2D eigenvalue weighted by molar-refractivity contribution is 1.28. The van der Waals surface area contributed by atoms with E-state index in [-0.39, 0.29) is 0 Å². The predicted molar refractivity (Wildman–Crippen MR) is 243 cm³/mol. The first kappa shape index (κ1) is 34.0. The molecule has 0 unspecified atom stereocenters. The molecular weight excluding hydrogens is 687 g/mol. The summed E-state index contributed by atoms with van der Waals surface area (Å²) in [5.41, 5.74) is 15.2. The molecular formula is C56H39N. The van der Waals surface area contributed by atoms with Crippen molar-refractivity contribution in [3.63, 3.8) is 0 Å². The van der Waals surface area contributed by atoms with Gasteiger partial charge in [-0.2, -0.15) is 0 Å². The quantitative estimate of drug-likeness (QED) is 0.151. The van der Waals surface area contributed by atoms with E-state index in [0.29, 0.717) is 0 Å². The van der Waals surface area contributed by atoms with Crippen LogP contribution in [0, 0.1) is 0 Å². The van der Waals surface area contributed by atoms with Crippen LogP contribution in [0.15, 0.2) is 237 Å². The fourth-order valence-electron chi connectivity index (χ4n) is 8.13. The van der Waals surface area contributed by atoms with Crippen LogP contribution in [0.25, 0.3) is 77.2 Å². The topological polar surface area (TPSA) is 3.24 Å². The molecule has 0 heterocycles. The van der Waals surface area contributed by atoms with E-state index in [2.05, 4.69) is 241 Å². The van der Waals surface area contributed by atoms with Crippen LogP contribution in [0.3, 0.4) is 0 Å². The lowest BCUT2D eigenvalue weighted by atomic mass is 9.95. The highest BCUT2D eigenvalue weighted by molar-refractivity contribution is 5.98. The van der Waals surface area contributed by atoms with Gasteiger partial charge in [0.2, 0.25) is 0 Å². The van der Waals surface area contributed by atoms with Gasteiger partial charge in [-0.1, -0.05) is 194 Å². The van der Waals surface area contributed by atoms with Crippen molar-refractivity contribution in [3.05, 3.63) is 237 Å². The highest BCUT2D eigenvalue weighted by Gasteiger charge is 2.19. The van der Waals surface area contributed by atoms with E-state index in [1.165, 1.54) is 71.6 Å². The number of benzene rings is 10. The van der Waals surface area contributed by atoms with Gasteiger partial charge >= 0.3 is 0 Å². The van der Waals surface area contributed by atoms with Crippen LogP contribution in [0.4, 0.5) is 17.1 Å². The van der Waals surface area contributed by atoms with Gasteiger partial charge in [0, 0.05) is 16.9 Å². The Morgan fingerprint density at radius 2 is 0.684 bits per heavy atom. The summed E-state index contributed by atoms with van der Waals surface area (Å²) in [7, 11) is 0. The van der Waals surface area contributed by atoms with Crippen molar-refractivity contribution >= 4 is 38.6 Å². The minimum Gasteiger partial charge on any atom is -0.310 e. The number of hydrogen-bond acceptors (Lipinski definition) is 1. The van der Waals surface area contributed by atoms with Gasteiger partial charge in [0.1, 0.15) is 0 Å². The Balaban J connectivity index is 1.13. The van der Waals surface area contributed by atoms with Gasteiger partial charge in [-0.15, -0.1) is 0 Å². The maximum Gasteiger partial charge on any atom is 0.0546 e. The molecule has 268 valence electrons. The molecule has 0 aliphatic carbocycles. The Bertz CT molecular complexity index is 2980. The Morgan fingerprint density at radius 3 is 1.40 bits per heavy atom. The van der Waals surface area contributed by atoms with Crippen LogP contribution in [-0.4, -0.2) is 0 Å². The Morgan fingerprint density at radius 1 is 0.228 bits per heavy atom. The molecule has 10 aromatic rings. The summed E-state index contributed by atoms with van der Waals surface area (Å²) in [5, 5.41) is 4.97. The Hall–Kier alpha value is -7.48. The summed E-state index contributed by atoms with van der Waals surface area (Å²) in [5.74, 6) is 0. The molecule has 0 atom stereocenters. The standard InChI is InChI=1S/C56H39N/c1-3-13-40(14-4-1)47-21-11-22-48(37-47)42-27-32-51(33-28-42)57(52-34-29-45(30-35-52)54-24-12-20-43-18-9-10-23-53(43)54)56-39-50(31-36-55(56)44-16-5-2-6-17-44)49-26-25-41-15-7-8-19-46(41)38-49/h1-39H. The molecule has 0 fully saturated rings. The first-order chi connectivity index (χ1) is 28.2. The summed E-state index contributed by atoms with van der Waals surface area (Å²) in [6, 6.07) is 85.7. The smallest absolute Gasteiger partial charge is 0.0546 e. The zero-order valence-electron chi connectivity index (χ0n) is 31.5. The second kappa shape index (κ2) is 15.0. The molecule has 0 saturated carbocycles. The largest absolute Gasteiger partial charge is 0.310 e. The van der Waals surface area contributed by atoms with E-state index in [9.17, 15) is 0 Å².